The molecule has 0 saturated carbocycles. The second-order valence-electron chi connectivity index (χ2n) is 7.24. The van der Waals surface area contributed by atoms with Gasteiger partial charge in [-0.25, -0.2) is 4.39 Å². The van der Waals surface area contributed by atoms with Gasteiger partial charge in [-0.3, -0.25) is 9.59 Å². The van der Waals surface area contributed by atoms with Crippen LogP contribution in [0.15, 0.2) is 36.4 Å². The Morgan fingerprint density at radius 3 is 2.62 bits per heavy atom. The van der Waals surface area contributed by atoms with Gasteiger partial charge in [0, 0.05) is 30.4 Å². The van der Waals surface area contributed by atoms with E-state index in [1.54, 1.807) is 25.1 Å². The van der Waals surface area contributed by atoms with E-state index in [4.69, 9.17) is 9.47 Å². The van der Waals surface area contributed by atoms with Crippen molar-refractivity contribution in [3.05, 3.63) is 48.0 Å². The molecule has 11 heteroatoms. The largest absolute Gasteiger partial charge is 0.493 e. The van der Waals surface area contributed by atoms with Gasteiger partial charge in [0.2, 0.25) is 11.8 Å². The Kier molecular flexibility index (Phi) is 5.71. The van der Waals surface area contributed by atoms with Crippen molar-refractivity contribution in [2.75, 3.05) is 31.0 Å². The van der Waals surface area contributed by atoms with Gasteiger partial charge in [-0.1, -0.05) is 0 Å². The molecule has 1 aromatic heterocycles. The summed E-state index contributed by atoms with van der Waals surface area (Å²) < 4.78 is 26.0. The van der Waals surface area contributed by atoms with Crippen LogP contribution in [0.25, 0.3) is 5.69 Å². The van der Waals surface area contributed by atoms with Crippen molar-refractivity contribution < 1.29 is 23.5 Å². The van der Waals surface area contributed by atoms with Gasteiger partial charge in [0.15, 0.2) is 17.3 Å². The number of carbonyl (C=O) groups is 2. The van der Waals surface area contributed by atoms with Crippen molar-refractivity contribution in [3.8, 4) is 17.2 Å². The van der Waals surface area contributed by atoms with E-state index in [-0.39, 0.29) is 30.5 Å². The Morgan fingerprint density at radius 2 is 1.94 bits per heavy atom. The molecule has 1 aliphatic heterocycles. The van der Waals surface area contributed by atoms with Crippen LogP contribution in [0, 0.1) is 18.7 Å². The van der Waals surface area contributed by atoms with Crippen LogP contribution in [0.3, 0.4) is 0 Å². The second-order valence-corrected chi connectivity index (χ2v) is 7.24. The number of aryl methyl sites for hydroxylation is 1. The number of halogens is 1. The lowest BCUT2D eigenvalue weighted by Gasteiger charge is -2.18. The first-order valence-electron chi connectivity index (χ1n) is 9.79. The number of aromatic nitrogens is 4. The van der Waals surface area contributed by atoms with Gasteiger partial charge in [0.25, 0.3) is 0 Å². The van der Waals surface area contributed by atoms with Crippen LogP contribution in [0.5, 0.6) is 11.5 Å². The first-order valence-corrected chi connectivity index (χ1v) is 9.79. The molecule has 1 unspecified atom stereocenters. The molecule has 0 aliphatic carbocycles. The number of nitrogens with zero attached hydrogens (tertiary/aromatic N) is 5. The van der Waals surface area contributed by atoms with E-state index >= 15 is 0 Å². The number of methoxy groups -OCH3 is 2. The summed E-state index contributed by atoms with van der Waals surface area (Å²) in [6.07, 6.45) is 0.0559. The number of carbonyl (C=O) groups excluding carboxylic acids is 2. The Labute approximate surface area is 182 Å². The predicted molar refractivity (Wildman–Crippen MR) is 112 cm³/mol. The topological polar surface area (TPSA) is 111 Å². The Hall–Kier alpha value is -4.02. The molecular formula is C21H21FN6O4. The van der Waals surface area contributed by atoms with Gasteiger partial charge in [-0.05, 0) is 47.7 Å². The third-order valence-electron chi connectivity index (χ3n) is 5.24. The van der Waals surface area contributed by atoms with E-state index < -0.39 is 11.7 Å². The van der Waals surface area contributed by atoms with Crippen molar-refractivity contribution in [1.29, 1.82) is 0 Å². The summed E-state index contributed by atoms with van der Waals surface area (Å²) in [6.45, 7) is 1.85. The number of hydrogen-bond acceptors (Lipinski definition) is 7. The average molecular weight is 440 g/mol. The highest BCUT2D eigenvalue weighted by Crippen LogP contribution is 2.34. The van der Waals surface area contributed by atoms with E-state index in [0.29, 0.717) is 28.7 Å². The van der Waals surface area contributed by atoms with Crippen LogP contribution >= 0.6 is 0 Å². The number of rotatable bonds is 6. The number of nitrogens with one attached hydrogen (secondary N) is 1. The van der Waals surface area contributed by atoms with Crippen LogP contribution in [-0.2, 0) is 9.59 Å². The van der Waals surface area contributed by atoms with Gasteiger partial charge in [0.05, 0.1) is 20.1 Å². The third kappa shape index (κ3) is 3.96. The van der Waals surface area contributed by atoms with Gasteiger partial charge in [-0.15, -0.1) is 5.10 Å². The molecule has 166 valence electrons. The lowest BCUT2D eigenvalue weighted by atomic mass is 10.1. The van der Waals surface area contributed by atoms with Crippen LogP contribution < -0.4 is 19.7 Å². The summed E-state index contributed by atoms with van der Waals surface area (Å²) in [5.74, 6) is -0.189. The normalized spacial score (nSPS) is 15.7. The molecule has 2 aromatic carbocycles. The van der Waals surface area contributed by atoms with E-state index in [9.17, 15) is 14.0 Å². The number of tetrazole rings is 1. The molecule has 4 rings (SSSR count). The monoisotopic (exact) mass is 440 g/mol. The molecule has 0 bridgehead atoms. The second kappa shape index (κ2) is 8.61. The Balaban J connectivity index is 1.50. The molecule has 32 heavy (non-hydrogen) atoms. The molecule has 0 spiro atoms. The maximum absolute atomic E-state index is 14.3. The van der Waals surface area contributed by atoms with Gasteiger partial charge < -0.3 is 19.7 Å². The molecule has 10 nitrogen and oxygen atoms in total. The summed E-state index contributed by atoms with van der Waals surface area (Å²) in [4.78, 5) is 27.0. The third-order valence-corrected chi connectivity index (χ3v) is 5.24. The minimum Gasteiger partial charge on any atom is -0.493 e. The summed E-state index contributed by atoms with van der Waals surface area (Å²) in [7, 11) is 3.04. The van der Waals surface area contributed by atoms with Crippen LogP contribution in [0.4, 0.5) is 15.8 Å². The predicted octanol–water partition coefficient (Wildman–Crippen LogP) is 2.12. The number of amides is 2. The summed E-state index contributed by atoms with van der Waals surface area (Å²) in [5, 5.41) is 13.8. The van der Waals surface area contributed by atoms with E-state index in [1.165, 1.54) is 42.0 Å². The van der Waals surface area contributed by atoms with Crippen LogP contribution in [0.2, 0.25) is 0 Å². The molecule has 2 heterocycles. The highest BCUT2D eigenvalue weighted by molar-refractivity contribution is 6.03. The molecule has 1 N–H and O–H groups in total. The van der Waals surface area contributed by atoms with Gasteiger partial charge >= 0.3 is 0 Å². The molecule has 1 fully saturated rings. The molecule has 1 aliphatic rings. The Morgan fingerprint density at radius 1 is 1.16 bits per heavy atom. The number of benzene rings is 2. The summed E-state index contributed by atoms with van der Waals surface area (Å²) >= 11 is 0. The minimum absolute atomic E-state index is 0.0559. The fraction of sp³-hybridized carbons (Fsp3) is 0.286. The molecule has 3 aromatic rings. The van der Waals surface area contributed by atoms with E-state index in [2.05, 4.69) is 20.8 Å². The number of anilines is 2. The number of ether oxygens (including phenoxy) is 2. The highest BCUT2D eigenvalue weighted by atomic mass is 19.1. The standard InChI is InChI=1S/C21H21FN6O4/c1-12-24-25-26-28(12)17-9-14(4-6-16(17)22)23-21(30)13-8-20(29)27(11-13)15-5-7-18(31-2)19(10-15)32-3/h4-7,9-10,13H,8,11H2,1-3H3,(H,23,30). The maximum Gasteiger partial charge on any atom is 0.229 e. The zero-order valence-corrected chi connectivity index (χ0v) is 17.7. The first-order chi connectivity index (χ1) is 15.4. The zero-order chi connectivity index (χ0) is 22.8. The van der Waals surface area contributed by atoms with Crippen molar-refractivity contribution in [2.24, 2.45) is 5.92 Å². The van der Waals surface area contributed by atoms with Crippen molar-refractivity contribution in [2.45, 2.75) is 13.3 Å². The van der Waals surface area contributed by atoms with Crippen molar-refractivity contribution in [1.82, 2.24) is 20.2 Å². The molecule has 1 saturated heterocycles. The average Bonchev–Trinajstić information content (AvgIpc) is 3.40. The molecular weight excluding hydrogens is 419 g/mol. The smallest absolute Gasteiger partial charge is 0.229 e. The number of hydrogen-bond donors (Lipinski definition) is 1. The summed E-state index contributed by atoms with van der Waals surface area (Å²) in [6, 6.07) is 9.24. The first kappa shape index (κ1) is 21.2. The molecule has 1 atom stereocenters. The quantitative estimate of drug-likeness (QED) is 0.625. The zero-order valence-electron chi connectivity index (χ0n) is 17.7. The lowest BCUT2D eigenvalue weighted by molar-refractivity contribution is -0.122. The summed E-state index contributed by atoms with van der Waals surface area (Å²) in [5.41, 5.74) is 1.10. The fourth-order valence-electron chi connectivity index (χ4n) is 3.58. The van der Waals surface area contributed by atoms with Crippen molar-refractivity contribution >= 4 is 23.2 Å². The van der Waals surface area contributed by atoms with Crippen molar-refractivity contribution in [3.63, 3.8) is 0 Å². The Bertz CT molecular complexity index is 1180. The fourth-order valence-corrected chi connectivity index (χ4v) is 3.58. The van der Waals surface area contributed by atoms with E-state index in [1.807, 2.05) is 0 Å². The van der Waals surface area contributed by atoms with E-state index in [0.717, 1.165) is 0 Å². The SMILES string of the molecule is COc1ccc(N2CC(C(=O)Nc3ccc(F)c(-n4nnnc4C)c3)CC2=O)cc1OC. The highest BCUT2D eigenvalue weighted by Gasteiger charge is 2.35. The van der Waals surface area contributed by atoms with Crippen LogP contribution in [0.1, 0.15) is 12.2 Å². The minimum atomic E-state index is -0.570. The van der Waals surface area contributed by atoms with Crippen LogP contribution in [-0.4, -0.2) is 52.8 Å². The maximum atomic E-state index is 14.3. The van der Waals surface area contributed by atoms with Gasteiger partial charge in [0.1, 0.15) is 11.5 Å². The van der Waals surface area contributed by atoms with Gasteiger partial charge in [-0.2, -0.15) is 4.68 Å². The lowest BCUT2D eigenvalue weighted by Crippen LogP contribution is -2.28. The molecule has 2 amide bonds. The molecule has 0 radical (unpaired) electrons.